The molecule has 0 unspecified atom stereocenters. The first-order valence-corrected chi connectivity index (χ1v) is 9.62. The molecule has 2 N–H and O–H groups in total. The molecule has 23 heavy (non-hydrogen) atoms. The monoisotopic (exact) mass is 354 g/mol. The van der Waals surface area contributed by atoms with Crippen molar-refractivity contribution in [3.8, 4) is 5.75 Å². The van der Waals surface area contributed by atoms with Gasteiger partial charge >= 0.3 is 0 Å². The highest BCUT2D eigenvalue weighted by Crippen LogP contribution is 2.23. The van der Waals surface area contributed by atoms with Gasteiger partial charge in [0.25, 0.3) is 0 Å². The van der Waals surface area contributed by atoms with Crippen molar-refractivity contribution < 1.29 is 13.2 Å². The summed E-state index contributed by atoms with van der Waals surface area (Å²) in [5.74, 6) is 0.580. The molecule has 3 rings (SSSR count). The van der Waals surface area contributed by atoms with Crippen LogP contribution in [0.1, 0.15) is 24.3 Å². The molecule has 0 atom stereocenters. The summed E-state index contributed by atoms with van der Waals surface area (Å²) in [6, 6.07) is 6.46. The minimum absolute atomic E-state index is 0.257. The van der Waals surface area contributed by atoms with Gasteiger partial charge in [-0.2, -0.15) is 4.31 Å². The fraction of sp³-hybridized carbons (Fsp3) is 0.429. The van der Waals surface area contributed by atoms with Crippen molar-refractivity contribution in [2.75, 3.05) is 18.8 Å². The maximum absolute atomic E-state index is 12.5. The molecular weight excluding hydrogens is 336 g/mol. The van der Waals surface area contributed by atoms with Gasteiger partial charge in [0.2, 0.25) is 15.2 Å². The van der Waals surface area contributed by atoms with Gasteiger partial charge < -0.3 is 10.5 Å². The predicted molar refractivity (Wildman–Crippen MR) is 87.7 cm³/mol. The quantitative estimate of drug-likeness (QED) is 0.880. The number of nitrogens with two attached hydrogens (primary N) is 1. The van der Waals surface area contributed by atoms with Gasteiger partial charge in [0.1, 0.15) is 12.4 Å². The van der Waals surface area contributed by atoms with E-state index in [0.29, 0.717) is 33.9 Å². The number of hydrogen-bond donors (Lipinski definition) is 1. The fourth-order valence-electron chi connectivity index (χ4n) is 2.43. The SMILES string of the molecule is Nc1nnc(COc2ccc(S(=O)(=O)N3CCCCC3)cc2)s1. The average Bonchev–Trinajstić information content (AvgIpc) is 3.00. The Morgan fingerprint density at radius 2 is 1.83 bits per heavy atom. The first-order chi connectivity index (χ1) is 11.1. The fourth-order valence-corrected chi connectivity index (χ4v) is 4.47. The molecule has 0 spiro atoms. The zero-order valence-corrected chi connectivity index (χ0v) is 14.1. The molecule has 1 aromatic heterocycles. The molecular formula is C14H18N4O3S2. The van der Waals surface area contributed by atoms with Gasteiger partial charge in [0, 0.05) is 13.1 Å². The average molecular weight is 354 g/mol. The summed E-state index contributed by atoms with van der Waals surface area (Å²) in [5, 5.41) is 8.64. The van der Waals surface area contributed by atoms with Gasteiger partial charge in [-0.15, -0.1) is 10.2 Å². The number of benzene rings is 1. The Labute approximate surface area is 139 Å². The smallest absolute Gasteiger partial charge is 0.243 e. The Morgan fingerprint density at radius 1 is 1.13 bits per heavy atom. The van der Waals surface area contributed by atoms with E-state index in [4.69, 9.17) is 10.5 Å². The van der Waals surface area contributed by atoms with Crippen LogP contribution in [0.4, 0.5) is 5.13 Å². The first kappa shape index (κ1) is 16.2. The van der Waals surface area contributed by atoms with E-state index in [2.05, 4.69) is 10.2 Å². The number of piperidine rings is 1. The van der Waals surface area contributed by atoms with E-state index in [-0.39, 0.29) is 6.61 Å². The number of ether oxygens (including phenoxy) is 1. The van der Waals surface area contributed by atoms with E-state index in [9.17, 15) is 8.42 Å². The molecule has 124 valence electrons. The van der Waals surface area contributed by atoms with Crippen LogP contribution in [0.5, 0.6) is 5.75 Å². The Morgan fingerprint density at radius 3 is 2.43 bits per heavy atom. The molecule has 0 radical (unpaired) electrons. The molecule has 1 aliphatic rings. The predicted octanol–water partition coefficient (Wildman–Crippen LogP) is 1.87. The van der Waals surface area contributed by atoms with E-state index >= 15 is 0 Å². The summed E-state index contributed by atoms with van der Waals surface area (Å²) in [6.07, 6.45) is 2.94. The van der Waals surface area contributed by atoms with E-state index in [1.54, 1.807) is 28.6 Å². The number of hydrogen-bond acceptors (Lipinski definition) is 7. The van der Waals surface area contributed by atoms with E-state index in [0.717, 1.165) is 19.3 Å². The Balaban J connectivity index is 1.66. The van der Waals surface area contributed by atoms with Gasteiger partial charge in [-0.3, -0.25) is 0 Å². The second-order valence-corrected chi connectivity index (χ2v) is 8.29. The van der Waals surface area contributed by atoms with Crippen LogP contribution in [0.15, 0.2) is 29.2 Å². The van der Waals surface area contributed by atoms with Gasteiger partial charge in [0.15, 0.2) is 5.01 Å². The first-order valence-electron chi connectivity index (χ1n) is 7.36. The van der Waals surface area contributed by atoms with Crippen molar-refractivity contribution in [1.29, 1.82) is 0 Å². The van der Waals surface area contributed by atoms with Crippen molar-refractivity contribution in [1.82, 2.24) is 14.5 Å². The minimum Gasteiger partial charge on any atom is -0.486 e. The number of rotatable bonds is 5. The lowest BCUT2D eigenvalue weighted by Crippen LogP contribution is -2.35. The number of nitrogen functional groups attached to an aromatic ring is 1. The highest BCUT2D eigenvalue weighted by Gasteiger charge is 2.25. The third kappa shape index (κ3) is 3.80. The van der Waals surface area contributed by atoms with Crippen LogP contribution >= 0.6 is 11.3 Å². The highest BCUT2D eigenvalue weighted by molar-refractivity contribution is 7.89. The van der Waals surface area contributed by atoms with E-state index in [1.165, 1.54) is 11.3 Å². The lowest BCUT2D eigenvalue weighted by molar-refractivity contribution is 0.304. The molecule has 2 heterocycles. The van der Waals surface area contributed by atoms with Crippen molar-refractivity contribution in [2.24, 2.45) is 0 Å². The molecule has 0 amide bonds. The van der Waals surface area contributed by atoms with Crippen LogP contribution in [0.25, 0.3) is 0 Å². The number of aromatic nitrogens is 2. The third-order valence-corrected chi connectivity index (χ3v) is 6.26. The van der Waals surface area contributed by atoms with Crippen LogP contribution in [0, 0.1) is 0 Å². The molecule has 1 aromatic carbocycles. The summed E-state index contributed by atoms with van der Waals surface area (Å²) < 4.78 is 32.2. The van der Waals surface area contributed by atoms with Crippen LogP contribution in [-0.2, 0) is 16.6 Å². The zero-order valence-electron chi connectivity index (χ0n) is 12.5. The Bertz CT molecular complexity index is 753. The Hall–Kier alpha value is -1.71. The van der Waals surface area contributed by atoms with Crippen LogP contribution in [-0.4, -0.2) is 36.0 Å². The second kappa shape index (κ2) is 6.81. The number of nitrogens with zero attached hydrogens (tertiary/aromatic N) is 3. The summed E-state index contributed by atoms with van der Waals surface area (Å²) >= 11 is 1.26. The molecule has 0 saturated carbocycles. The molecule has 9 heteroatoms. The maximum atomic E-state index is 12.5. The Kier molecular flexibility index (Phi) is 4.79. The molecule has 0 bridgehead atoms. The molecule has 7 nitrogen and oxygen atoms in total. The van der Waals surface area contributed by atoms with Crippen molar-refractivity contribution in [3.05, 3.63) is 29.3 Å². The minimum atomic E-state index is -3.40. The van der Waals surface area contributed by atoms with Crippen molar-refractivity contribution in [3.63, 3.8) is 0 Å². The van der Waals surface area contributed by atoms with Gasteiger partial charge in [-0.05, 0) is 37.1 Å². The van der Waals surface area contributed by atoms with Crippen molar-refractivity contribution in [2.45, 2.75) is 30.8 Å². The van der Waals surface area contributed by atoms with Crippen molar-refractivity contribution >= 4 is 26.5 Å². The topological polar surface area (TPSA) is 98.4 Å². The van der Waals surface area contributed by atoms with E-state index in [1.807, 2.05) is 0 Å². The maximum Gasteiger partial charge on any atom is 0.243 e. The molecule has 1 aliphatic heterocycles. The number of sulfonamides is 1. The molecule has 1 fully saturated rings. The van der Waals surface area contributed by atoms with Crippen LogP contribution in [0.3, 0.4) is 0 Å². The summed E-state index contributed by atoms with van der Waals surface area (Å²) in [5.41, 5.74) is 5.50. The molecule has 2 aromatic rings. The summed E-state index contributed by atoms with van der Waals surface area (Å²) in [4.78, 5) is 0.298. The standard InChI is InChI=1S/C14H18N4O3S2/c15-14-17-16-13(22-14)10-21-11-4-6-12(7-5-11)23(19,20)18-8-2-1-3-9-18/h4-7H,1-3,8-10H2,(H2,15,17). The highest BCUT2D eigenvalue weighted by atomic mass is 32.2. The van der Waals surface area contributed by atoms with E-state index < -0.39 is 10.0 Å². The third-order valence-electron chi connectivity index (χ3n) is 3.62. The van der Waals surface area contributed by atoms with Gasteiger partial charge in [0.05, 0.1) is 4.90 Å². The largest absolute Gasteiger partial charge is 0.486 e. The number of anilines is 1. The molecule has 0 aliphatic carbocycles. The van der Waals surface area contributed by atoms with Crippen LogP contribution < -0.4 is 10.5 Å². The molecule has 1 saturated heterocycles. The van der Waals surface area contributed by atoms with Crippen LogP contribution in [0.2, 0.25) is 0 Å². The summed E-state index contributed by atoms with van der Waals surface area (Å²) in [6.45, 7) is 1.45. The lowest BCUT2D eigenvalue weighted by atomic mass is 10.2. The van der Waals surface area contributed by atoms with Gasteiger partial charge in [-0.1, -0.05) is 17.8 Å². The second-order valence-electron chi connectivity index (χ2n) is 5.26. The zero-order chi connectivity index (χ0) is 16.3. The van der Waals surface area contributed by atoms with Gasteiger partial charge in [-0.25, -0.2) is 8.42 Å². The lowest BCUT2D eigenvalue weighted by Gasteiger charge is -2.25. The normalized spacial score (nSPS) is 16.3. The summed E-state index contributed by atoms with van der Waals surface area (Å²) in [7, 11) is -3.40.